The minimum Gasteiger partial charge on any atom is -0.480 e. The number of hydrogen-bond acceptors (Lipinski definition) is 5. The Morgan fingerprint density at radius 2 is 2.07 bits per heavy atom. The molecular formula is C7H12N2O5. The van der Waals surface area contributed by atoms with Crippen molar-refractivity contribution in [3.8, 4) is 0 Å². The van der Waals surface area contributed by atoms with Crippen molar-refractivity contribution in [2.75, 3.05) is 13.7 Å². The maximum Gasteiger partial charge on any atom is 0.325 e. The van der Waals surface area contributed by atoms with Gasteiger partial charge in [0.2, 0.25) is 5.91 Å². The van der Waals surface area contributed by atoms with E-state index >= 15 is 0 Å². The molecule has 0 rings (SSSR count). The van der Waals surface area contributed by atoms with E-state index in [0.29, 0.717) is 0 Å². The first kappa shape index (κ1) is 12.4. The normalized spacial score (nSPS) is 11.6. The van der Waals surface area contributed by atoms with Crippen LogP contribution in [0.5, 0.6) is 0 Å². The molecule has 14 heavy (non-hydrogen) atoms. The minimum absolute atomic E-state index is 0.290. The fraction of sp³-hybridized carbons (Fsp3) is 0.571. The largest absolute Gasteiger partial charge is 0.480 e. The summed E-state index contributed by atoms with van der Waals surface area (Å²) in [5, 5.41) is 10.5. The highest BCUT2D eigenvalue weighted by Crippen LogP contribution is 1.87. The Morgan fingerprint density at radius 1 is 1.50 bits per heavy atom. The molecule has 0 aromatic rings. The number of amides is 1. The Hall–Kier alpha value is -1.63. The van der Waals surface area contributed by atoms with Crippen LogP contribution >= 0.6 is 0 Å². The van der Waals surface area contributed by atoms with Gasteiger partial charge in [0, 0.05) is 0 Å². The molecule has 0 radical (unpaired) electrons. The van der Waals surface area contributed by atoms with E-state index in [-0.39, 0.29) is 13.0 Å². The predicted molar refractivity (Wildman–Crippen MR) is 45.3 cm³/mol. The number of nitrogens with two attached hydrogens (primary N) is 1. The number of carboxylic acids is 1. The molecule has 0 aliphatic carbocycles. The van der Waals surface area contributed by atoms with E-state index in [4.69, 9.17) is 10.8 Å². The van der Waals surface area contributed by atoms with E-state index in [9.17, 15) is 14.4 Å². The van der Waals surface area contributed by atoms with Gasteiger partial charge in [-0.3, -0.25) is 14.4 Å². The van der Waals surface area contributed by atoms with E-state index in [1.807, 2.05) is 0 Å². The van der Waals surface area contributed by atoms with Crippen LogP contribution in [0.15, 0.2) is 0 Å². The third kappa shape index (κ3) is 5.09. The van der Waals surface area contributed by atoms with Crippen LogP contribution in [0.2, 0.25) is 0 Å². The highest BCUT2D eigenvalue weighted by Gasteiger charge is 2.16. The van der Waals surface area contributed by atoms with Gasteiger partial charge in [0.05, 0.1) is 13.5 Å². The van der Waals surface area contributed by atoms with Gasteiger partial charge < -0.3 is 20.9 Å². The van der Waals surface area contributed by atoms with Gasteiger partial charge in [-0.25, -0.2) is 0 Å². The number of carboxylic acid groups (broad SMARTS) is 1. The van der Waals surface area contributed by atoms with Crippen molar-refractivity contribution in [2.45, 2.75) is 12.5 Å². The molecule has 0 aliphatic rings. The number of carbonyl (C=O) groups excluding carboxylic acids is 2. The Morgan fingerprint density at radius 3 is 2.50 bits per heavy atom. The maximum absolute atomic E-state index is 10.9. The molecule has 0 aromatic carbocycles. The molecule has 0 spiro atoms. The first-order valence-electron chi connectivity index (χ1n) is 3.79. The second-order valence-electron chi connectivity index (χ2n) is 2.50. The summed E-state index contributed by atoms with van der Waals surface area (Å²) in [5.41, 5.74) is 5.08. The molecule has 0 fully saturated rings. The fourth-order valence-corrected chi connectivity index (χ4v) is 0.602. The SMILES string of the molecule is COC(=O)CNC(=O)C[C@H](N)C(=O)O. The van der Waals surface area contributed by atoms with Crippen molar-refractivity contribution in [1.29, 1.82) is 0 Å². The van der Waals surface area contributed by atoms with E-state index < -0.39 is 23.9 Å². The summed E-state index contributed by atoms with van der Waals surface area (Å²) in [5.74, 6) is -2.48. The molecule has 4 N–H and O–H groups in total. The lowest BCUT2D eigenvalue weighted by molar-refractivity contribution is -0.142. The van der Waals surface area contributed by atoms with Gasteiger partial charge in [0.1, 0.15) is 12.6 Å². The van der Waals surface area contributed by atoms with Crippen molar-refractivity contribution < 1.29 is 24.2 Å². The topological polar surface area (TPSA) is 119 Å². The first-order valence-corrected chi connectivity index (χ1v) is 3.79. The molecule has 0 aliphatic heterocycles. The molecule has 7 nitrogen and oxygen atoms in total. The molecule has 0 heterocycles. The third-order valence-electron chi connectivity index (χ3n) is 1.38. The second-order valence-corrected chi connectivity index (χ2v) is 2.50. The molecule has 0 bridgehead atoms. The zero-order chi connectivity index (χ0) is 11.1. The van der Waals surface area contributed by atoms with Gasteiger partial charge in [-0.05, 0) is 0 Å². The Labute approximate surface area is 80.2 Å². The summed E-state index contributed by atoms with van der Waals surface area (Å²) in [4.78, 5) is 31.7. The molecule has 1 atom stereocenters. The molecule has 0 saturated heterocycles. The van der Waals surface area contributed by atoms with Gasteiger partial charge in [0.15, 0.2) is 0 Å². The Kier molecular flexibility index (Phi) is 5.23. The van der Waals surface area contributed by atoms with E-state index in [1.54, 1.807) is 0 Å². The fourth-order valence-electron chi connectivity index (χ4n) is 0.602. The van der Waals surface area contributed by atoms with Crippen LogP contribution in [0.25, 0.3) is 0 Å². The molecule has 1 amide bonds. The van der Waals surface area contributed by atoms with E-state index in [2.05, 4.69) is 10.1 Å². The molecule has 7 heteroatoms. The average molecular weight is 204 g/mol. The van der Waals surface area contributed by atoms with Crippen LogP contribution in [-0.2, 0) is 19.1 Å². The van der Waals surface area contributed by atoms with Gasteiger partial charge >= 0.3 is 11.9 Å². The maximum atomic E-state index is 10.9. The number of hydrogen-bond donors (Lipinski definition) is 3. The zero-order valence-electron chi connectivity index (χ0n) is 7.65. The summed E-state index contributed by atoms with van der Waals surface area (Å²) in [6.07, 6.45) is -0.369. The predicted octanol–water partition coefficient (Wildman–Crippen LogP) is -1.92. The lowest BCUT2D eigenvalue weighted by atomic mass is 10.2. The summed E-state index contributed by atoms with van der Waals surface area (Å²) >= 11 is 0. The van der Waals surface area contributed by atoms with Crippen molar-refractivity contribution in [3.05, 3.63) is 0 Å². The summed E-state index contributed by atoms with van der Waals surface area (Å²) in [6.45, 7) is -0.290. The lowest BCUT2D eigenvalue weighted by Gasteiger charge is -2.06. The number of ether oxygens (including phenoxy) is 1. The third-order valence-corrected chi connectivity index (χ3v) is 1.38. The molecule has 0 aromatic heterocycles. The summed E-state index contributed by atoms with van der Waals surface area (Å²) in [6, 6.07) is -1.26. The van der Waals surface area contributed by atoms with Crippen LogP contribution < -0.4 is 11.1 Å². The summed E-state index contributed by atoms with van der Waals surface area (Å²) in [7, 11) is 1.18. The van der Waals surface area contributed by atoms with Crippen LogP contribution in [0.4, 0.5) is 0 Å². The standard InChI is InChI=1S/C7H12N2O5/c1-14-6(11)3-9-5(10)2-4(8)7(12)13/h4H,2-3,8H2,1H3,(H,9,10)(H,12,13)/t4-/m0/s1. The number of esters is 1. The van der Waals surface area contributed by atoms with E-state index in [1.165, 1.54) is 7.11 Å². The first-order chi connectivity index (χ1) is 6.47. The van der Waals surface area contributed by atoms with Crippen LogP contribution in [0.1, 0.15) is 6.42 Å². The van der Waals surface area contributed by atoms with Crippen LogP contribution in [-0.4, -0.2) is 42.6 Å². The molecular weight excluding hydrogens is 192 g/mol. The number of methoxy groups -OCH3 is 1. The smallest absolute Gasteiger partial charge is 0.325 e. The van der Waals surface area contributed by atoms with Crippen molar-refractivity contribution in [3.63, 3.8) is 0 Å². The second kappa shape index (κ2) is 5.92. The van der Waals surface area contributed by atoms with Crippen LogP contribution in [0, 0.1) is 0 Å². The molecule has 0 saturated carbocycles. The number of nitrogens with one attached hydrogen (secondary N) is 1. The zero-order valence-corrected chi connectivity index (χ0v) is 7.65. The minimum atomic E-state index is -1.27. The van der Waals surface area contributed by atoms with Crippen molar-refractivity contribution >= 4 is 17.8 Å². The Bertz CT molecular complexity index is 240. The van der Waals surface area contributed by atoms with E-state index in [0.717, 1.165) is 0 Å². The lowest BCUT2D eigenvalue weighted by Crippen LogP contribution is -2.38. The number of carbonyl (C=O) groups is 3. The summed E-state index contributed by atoms with van der Waals surface area (Å²) < 4.78 is 4.25. The highest BCUT2D eigenvalue weighted by atomic mass is 16.5. The van der Waals surface area contributed by atoms with Crippen molar-refractivity contribution in [2.24, 2.45) is 5.73 Å². The average Bonchev–Trinajstić information content (AvgIpc) is 2.13. The quantitative estimate of drug-likeness (QED) is 0.449. The van der Waals surface area contributed by atoms with Gasteiger partial charge in [0.25, 0.3) is 0 Å². The molecule has 0 unspecified atom stereocenters. The van der Waals surface area contributed by atoms with Crippen molar-refractivity contribution in [1.82, 2.24) is 5.32 Å². The molecule has 80 valence electrons. The van der Waals surface area contributed by atoms with Gasteiger partial charge in [-0.15, -0.1) is 0 Å². The number of rotatable bonds is 5. The monoisotopic (exact) mass is 204 g/mol. The highest BCUT2D eigenvalue weighted by molar-refractivity contribution is 5.86. The van der Waals surface area contributed by atoms with Gasteiger partial charge in [-0.2, -0.15) is 0 Å². The van der Waals surface area contributed by atoms with Gasteiger partial charge in [-0.1, -0.05) is 0 Å². The number of aliphatic carboxylic acids is 1. The Balaban J connectivity index is 3.76. The van der Waals surface area contributed by atoms with Crippen LogP contribution in [0.3, 0.4) is 0 Å².